The highest BCUT2D eigenvalue weighted by atomic mass is 31.2. The van der Waals surface area contributed by atoms with Gasteiger partial charge in [0.05, 0.1) is 26.4 Å². The van der Waals surface area contributed by atoms with Crippen molar-refractivity contribution in [1.29, 1.82) is 0 Å². The van der Waals surface area contributed by atoms with Crippen LogP contribution in [0.15, 0.2) is 0 Å². The zero-order valence-electron chi connectivity index (χ0n) is 57.3. The van der Waals surface area contributed by atoms with Crippen molar-refractivity contribution in [2.45, 2.75) is 356 Å². The molecule has 0 spiro atoms. The summed E-state index contributed by atoms with van der Waals surface area (Å²) in [6.45, 7) is 14.0. The predicted molar refractivity (Wildman–Crippen MR) is 354 cm³/mol. The number of esters is 4. The summed E-state index contributed by atoms with van der Waals surface area (Å²) in [6.07, 6.45) is 40.4. The number of phosphoric acid groups is 2. The van der Waals surface area contributed by atoms with Crippen molar-refractivity contribution in [3.05, 3.63) is 0 Å². The van der Waals surface area contributed by atoms with E-state index < -0.39 is 97.5 Å². The number of ether oxygens (including phenoxy) is 4. The third-order valence-electron chi connectivity index (χ3n) is 15.8. The molecule has 0 aromatic rings. The first-order chi connectivity index (χ1) is 42.1. The monoisotopic (exact) mass is 1300 g/mol. The summed E-state index contributed by atoms with van der Waals surface area (Å²) in [7, 11) is -9.90. The number of aliphatic hydroxyl groups excluding tert-OH is 1. The Morgan fingerprint density at radius 2 is 0.477 bits per heavy atom. The van der Waals surface area contributed by atoms with Gasteiger partial charge in [-0.2, -0.15) is 0 Å². The van der Waals surface area contributed by atoms with Crippen molar-refractivity contribution in [2.24, 2.45) is 23.7 Å². The Kier molecular flexibility index (Phi) is 57.6. The molecule has 0 fully saturated rings. The van der Waals surface area contributed by atoms with Gasteiger partial charge in [0.25, 0.3) is 0 Å². The first-order valence-corrected chi connectivity index (χ1v) is 38.7. The molecule has 0 aliphatic heterocycles. The van der Waals surface area contributed by atoms with Gasteiger partial charge in [0.2, 0.25) is 0 Å². The summed E-state index contributed by atoms with van der Waals surface area (Å²) in [5.41, 5.74) is 0. The fourth-order valence-corrected chi connectivity index (χ4v) is 11.9. The van der Waals surface area contributed by atoms with E-state index in [0.717, 1.165) is 114 Å². The fourth-order valence-electron chi connectivity index (χ4n) is 10.3. The van der Waals surface area contributed by atoms with E-state index in [1.807, 2.05) is 0 Å². The molecule has 0 aromatic heterocycles. The molecule has 0 saturated carbocycles. The van der Waals surface area contributed by atoms with Crippen LogP contribution in [0.2, 0.25) is 0 Å². The minimum atomic E-state index is -4.95. The Labute approximate surface area is 537 Å². The highest BCUT2D eigenvalue weighted by Crippen LogP contribution is 2.45. The van der Waals surface area contributed by atoms with Crippen LogP contribution in [-0.2, 0) is 65.4 Å². The summed E-state index contributed by atoms with van der Waals surface area (Å²) in [5, 5.41) is 10.6. The van der Waals surface area contributed by atoms with E-state index >= 15 is 0 Å². The molecule has 0 aliphatic rings. The Morgan fingerprint density at radius 3 is 0.705 bits per heavy atom. The molecule has 0 amide bonds. The Bertz CT molecular complexity index is 1750. The molecule has 0 radical (unpaired) electrons. The van der Waals surface area contributed by atoms with Crippen LogP contribution < -0.4 is 0 Å². The third-order valence-corrected chi connectivity index (χ3v) is 17.7. The minimum Gasteiger partial charge on any atom is -0.462 e. The van der Waals surface area contributed by atoms with Gasteiger partial charge in [0.1, 0.15) is 19.3 Å². The third kappa shape index (κ3) is 62.8. The molecule has 3 N–H and O–H groups in total. The maximum Gasteiger partial charge on any atom is 0.472 e. The molecule has 0 heterocycles. The van der Waals surface area contributed by atoms with E-state index in [9.17, 15) is 43.2 Å². The fraction of sp³-hybridized carbons (Fsp3) is 0.942. The average Bonchev–Trinajstić information content (AvgIpc) is 3.40. The van der Waals surface area contributed by atoms with E-state index in [1.54, 1.807) is 0 Å². The molecule has 88 heavy (non-hydrogen) atoms. The quantitative estimate of drug-likeness (QED) is 0.0222. The molecule has 3 unspecified atom stereocenters. The van der Waals surface area contributed by atoms with Crippen molar-refractivity contribution >= 4 is 39.5 Å². The van der Waals surface area contributed by atoms with E-state index in [4.69, 9.17) is 37.0 Å². The molecular weight excluding hydrogens is 1160 g/mol. The van der Waals surface area contributed by atoms with Gasteiger partial charge in [-0.3, -0.25) is 37.3 Å². The molecular formula is C69H134O17P2. The Hall–Kier alpha value is -1.94. The van der Waals surface area contributed by atoms with Crippen LogP contribution in [0.5, 0.6) is 0 Å². The van der Waals surface area contributed by atoms with Gasteiger partial charge in [-0.05, 0) is 49.4 Å². The molecule has 0 aliphatic carbocycles. The smallest absolute Gasteiger partial charge is 0.462 e. The Morgan fingerprint density at radius 1 is 0.284 bits per heavy atom. The van der Waals surface area contributed by atoms with Gasteiger partial charge >= 0.3 is 39.5 Å². The summed E-state index contributed by atoms with van der Waals surface area (Å²) >= 11 is 0. The number of carbonyl (C=O) groups is 4. The number of hydrogen-bond acceptors (Lipinski definition) is 15. The van der Waals surface area contributed by atoms with E-state index in [0.29, 0.717) is 31.6 Å². The summed E-state index contributed by atoms with van der Waals surface area (Å²) in [4.78, 5) is 72.5. The number of rotatable bonds is 66. The molecule has 19 heteroatoms. The number of phosphoric ester groups is 2. The lowest BCUT2D eigenvalue weighted by atomic mass is 10.0. The first kappa shape index (κ1) is 86.1. The van der Waals surface area contributed by atoms with Crippen LogP contribution >= 0.6 is 15.6 Å². The van der Waals surface area contributed by atoms with Crippen molar-refractivity contribution in [2.75, 3.05) is 39.6 Å². The molecule has 0 saturated heterocycles. The van der Waals surface area contributed by atoms with Crippen LogP contribution in [0.25, 0.3) is 0 Å². The van der Waals surface area contributed by atoms with Gasteiger partial charge in [0.15, 0.2) is 12.2 Å². The zero-order valence-corrected chi connectivity index (χ0v) is 59.1. The lowest BCUT2D eigenvalue weighted by molar-refractivity contribution is -0.161. The first-order valence-electron chi connectivity index (χ1n) is 35.7. The normalized spacial score (nSPS) is 14.3. The van der Waals surface area contributed by atoms with Crippen LogP contribution in [0.1, 0.15) is 338 Å². The number of carbonyl (C=O) groups excluding carboxylic acids is 4. The van der Waals surface area contributed by atoms with Crippen molar-refractivity contribution in [1.82, 2.24) is 0 Å². The minimum absolute atomic E-state index is 0.104. The van der Waals surface area contributed by atoms with Crippen LogP contribution in [0, 0.1) is 23.7 Å². The molecule has 0 aromatic carbocycles. The van der Waals surface area contributed by atoms with Crippen molar-refractivity contribution in [3.63, 3.8) is 0 Å². The van der Waals surface area contributed by atoms with Crippen molar-refractivity contribution in [3.8, 4) is 0 Å². The van der Waals surface area contributed by atoms with Crippen LogP contribution in [0.3, 0.4) is 0 Å². The van der Waals surface area contributed by atoms with Crippen molar-refractivity contribution < 1.29 is 80.2 Å². The van der Waals surface area contributed by atoms with Crippen LogP contribution in [0.4, 0.5) is 0 Å². The van der Waals surface area contributed by atoms with Gasteiger partial charge in [-0.15, -0.1) is 0 Å². The second kappa shape index (κ2) is 58.8. The van der Waals surface area contributed by atoms with Gasteiger partial charge in [0, 0.05) is 25.7 Å². The summed E-state index contributed by atoms with van der Waals surface area (Å²) < 4.78 is 68.2. The van der Waals surface area contributed by atoms with Gasteiger partial charge in [-0.25, -0.2) is 9.13 Å². The van der Waals surface area contributed by atoms with E-state index in [1.165, 1.54) is 135 Å². The lowest BCUT2D eigenvalue weighted by Crippen LogP contribution is -2.30. The van der Waals surface area contributed by atoms with Crippen LogP contribution in [-0.4, -0.2) is 96.7 Å². The maximum atomic E-state index is 13.0. The molecule has 0 bridgehead atoms. The summed E-state index contributed by atoms with van der Waals surface area (Å²) in [6, 6.07) is 0. The number of hydrogen-bond donors (Lipinski definition) is 3. The lowest BCUT2D eigenvalue weighted by Gasteiger charge is -2.21. The molecule has 0 rings (SSSR count). The number of unbranched alkanes of at least 4 members (excludes halogenated alkanes) is 32. The highest BCUT2D eigenvalue weighted by Gasteiger charge is 2.30. The summed E-state index contributed by atoms with van der Waals surface area (Å²) in [5.74, 6) is 0.817. The topological polar surface area (TPSA) is 237 Å². The van der Waals surface area contributed by atoms with E-state index in [-0.39, 0.29) is 25.7 Å². The molecule has 522 valence electrons. The maximum absolute atomic E-state index is 13.0. The van der Waals surface area contributed by atoms with Gasteiger partial charge < -0.3 is 33.8 Å². The molecule has 17 nitrogen and oxygen atoms in total. The highest BCUT2D eigenvalue weighted by molar-refractivity contribution is 7.47. The zero-order chi connectivity index (χ0) is 65.4. The SMILES string of the molecule is CC(C)CCCCCCCCCCCCCC(=O)O[C@H](COC(=O)CCCCCCCCCCC(C)C)COP(=O)(O)OCC(O)COP(=O)(O)OC[C@@H](COC(=O)CCCCCCCCCC(C)C)OC(=O)CCCCCCCCCCCCC(C)C. The standard InChI is InChI=1S/C69H134O17P2/c1-59(2)45-37-29-21-14-10-9-11-16-26-35-43-51-68(73)85-64(55-79-66(71)49-41-33-25-19-18-23-31-39-47-61(5)6)57-83-87(75,76)81-53-63(70)54-82-88(77,78)84-58-65(56-80-67(72)50-42-34-28-20-24-32-40-48-62(7)8)86-69(74)52-44-36-27-17-13-12-15-22-30-38-46-60(3)4/h59-65,70H,9-58H2,1-8H3,(H,75,76)(H,77,78)/t63?,64-,65-/m1/s1. The largest absolute Gasteiger partial charge is 0.472 e. The second-order valence-corrected chi connectivity index (χ2v) is 29.7. The predicted octanol–water partition coefficient (Wildman–Crippen LogP) is 19.3. The van der Waals surface area contributed by atoms with Gasteiger partial charge in [-0.1, -0.05) is 287 Å². The Balaban J connectivity index is 5.26. The average molecular weight is 1300 g/mol. The van der Waals surface area contributed by atoms with E-state index in [2.05, 4.69) is 55.4 Å². The molecule has 5 atom stereocenters. The second-order valence-electron chi connectivity index (χ2n) is 26.8. The number of aliphatic hydroxyl groups is 1.